The number of alkyl halides is 2. The van der Waals surface area contributed by atoms with E-state index in [1.807, 2.05) is 0 Å². The molecule has 0 spiro atoms. The highest BCUT2D eigenvalue weighted by molar-refractivity contribution is 5.81. The molecule has 0 amide bonds. The lowest BCUT2D eigenvalue weighted by Gasteiger charge is -2.03. The van der Waals surface area contributed by atoms with Crippen LogP contribution in [0.4, 0.5) is 13.2 Å². The molecule has 0 atom stereocenters. The van der Waals surface area contributed by atoms with Gasteiger partial charge in [0.1, 0.15) is 18.6 Å². The fourth-order valence-corrected chi connectivity index (χ4v) is 1.59. The summed E-state index contributed by atoms with van der Waals surface area (Å²) in [7, 11) is 0. The molecule has 0 aliphatic rings. The van der Waals surface area contributed by atoms with Crippen molar-refractivity contribution in [1.29, 1.82) is 0 Å². The lowest BCUT2D eigenvalue weighted by molar-refractivity contribution is 0.129. The summed E-state index contributed by atoms with van der Waals surface area (Å²) in [4.78, 5) is 4.87. The van der Waals surface area contributed by atoms with Gasteiger partial charge < -0.3 is 4.84 Å². The van der Waals surface area contributed by atoms with Crippen LogP contribution < -0.4 is 0 Å². The van der Waals surface area contributed by atoms with Crippen molar-refractivity contribution >= 4 is 6.21 Å². The maximum absolute atomic E-state index is 13.3. The van der Waals surface area contributed by atoms with Crippen LogP contribution in [0.3, 0.4) is 0 Å². The first-order valence-electron chi connectivity index (χ1n) is 5.87. The van der Waals surface area contributed by atoms with Gasteiger partial charge >= 0.3 is 0 Å². The second-order valence-electron chi connectivity index (χ2n) is 3.96. The molecule has 0 bridgehead atoms. The highest BCUT2D eigenvalue weighted by atomic mass is 19.3. The van der Waals surface area contributed by atoms with E-state index in [1.54, 1.807) is 24.3 Å². The molecule has 0 N–H and O–H groups in total. The van der Waals surface area contributed by atoms with Gasteiger partial charge in [-0.1, -0.05) is 47.6 Å². The van der Waals surface area contributed by atoms with Crippen LogP contribution in [0.15, 0.2) is 53.7 Å². The van der Waals surface area contributed by atoms with E-state index in [-0.39, 0.29) is 17.7 Å². The molecule has 2 aromatic rings. The Hall–Kier alpha value is -2.30. The van der Waals surface area contributed by atoms with Gasteiger partial charge in [-0.05, 0) is 6.07 Å². The Labute approximate surface area is 114 Å². The summed E-state index contributed by atoms with van der Waals surface area (Å²) >= 11 is 0. The zero-order chi connectivity index (χ0) is 14.4. The third-order valence-corrected chi connectivity index (χ3v) is 2.60. The number of hydrogen-bond donors (Lipinski definition) is 0. The minimum absolute atomic E-state index is 0.0868. The van der Waals surface area contributed by atoms with Gasteiger partial charge in [0.15, 0.2) is 0 Å². The fraction of sp³-hybridized carbons (Fsp3) is 0.133. The molecule has 20 heavy (non-hydrogen) atoms. The van der Waals surface area contributed by atoms with E-state index in [4.69, 9.17) is 4.84 Å². The largest absolute Gasteiger partial charge is 0.390 e. The monoisotopic (exact) mass is 278 g/mol. The molecule has 0 aromatic heterocycles. The minimum atomic E-state index is -2.61. The summed E-state index contributed by atoms with van der Waals surface area (Å²) < 4.78 is 38.6. The Morgan fingerprint density at radius 1 is 1.05 bits per heavy atom. The topological polar surface area (TPSA) is 21.6 Å². The average Bonchev–Trinajstić information content (AvgIpc) is 2.45. The molecule has 1 radical (unpaired) electrons. The van der Waals surface area contributed by atoms with Crippen molar-refractivity contribution in [2.75, 3.05) is 0 Å². The molecule has 2 rings (SSSR count). The molecular formula is C15H11F3NO. The highest BCUT2D eigenvalue weighted by Gasteiger charge is 2.10. The van der Waals surface area contributed by atoms with Crippen LogP contribution in [-0.4, -0.2) is 6.21 Å². The molecule has 2 aromatic carbocycles. The molecule has 0 heterocycles. The SMILES string of the molecule is Fc1ccccc1CO/N=[C]\c1ccccc1C(F)F. The van der Waals surface area contributed by atoms with Gasteiger partial charge in [-0.2, -0.15) is 0 Å². The third kappa shape index (κ3) is 3.60. The van der Waals surface area contributed by atoms with E-state index in [9.17, 15) is 13.2 Å². The average molecular weight is 278 g/mol. The molecule has 5 heteroatoms. The molecule has 0 saturated heterocycles. The molecule has 0 aliphatic heterocycles. The van der Waals surface area contributed by atoms with Crippen molar-refractivity contribution in [2.45, 2.75) is 13.0 Å². The van der Waals surface area contributed by atoms with E-state index in [1.165, 1.54) is 24.3 Å². The van der Waals surface area contributed by atoms with Crippen LogP contribution in [0.2, 0.25) is 0 Å². The first kappa shape index (κ1) is 14.1. The molecular weight excluding hydrogens is 267 g/mol. The number of halogens is 3. The van der Waals surface area contributed by atoms with Crippen LogP contribution in [-0.2, 0) is 11.4 Å². The summed E-state index contributed by atoms with van der Waals surface area (Å²) in [5, 5.41) is 3.47. The number of benzene rings is 2. The van der Waals surface area contributed by atoms with E-state index >= 15 is 0 Å². The summed E-state index contributed by atoms with van der Waals surface area (Å²) in [6, 6.07) is 11.9. The molecule has 103 valence electrons. The highest BCUT2D eigenvalue weighted by Crippen LogP contribution is 2.21. The normalized spacial score (nSPS) is 11.2. The minimum Gasteiger partial charge on any atom is -0.390 e. The Morgan fingerprint density at radius 2 is 1.75 bits per heavy atom. The van der Waals surface area contributed by atoms with E-state index < -0.39 is 12.2 Å². The first-order valence-corrected chi connectivity index (χ1v) is 5.87. The van der Waals surface area contributed by atoms with Crippen molar-refractivity contribution in [2.24, 2.45) is 5.16 Å². The Balaban J connectivity index is 1.99. The smallest absolute Gasteiger partial charge is 0.264 e. The Morgan fingerprint density at radius 3 is 2.50 bits per heavy atom. The predicted molar refractivity (Wildman–Crippen MR) is 69.1 cm³/mol. The summed E-state index contributed by atoms with van der Waals surface area (Å²) in [5.74, 6) is -0.407. The third-order valence-electron chi connectivity index (χ3n) is 2.60. The fourth-order valence-electron chi connectivity index (χ4n) is 1.59. The number of rotatable bonds is 5. The van der Waals surface area contributed by atoms with Gasteiger partial charge in [-0.3, -0.25) is 0 Å². The van der Waals surface area contributed by atoms with Crippen molar-refractivity contribution in [1.82, 2.24) is 0 Å². The molecule has 0 fully saturated rings. The lowest BCUT2D eigenvalue weighted by atomic mass is 10.1. The summed E-state index contributed by atoms with van der Waals surface area (Å²) in [6.07, 6.45) is -0.226. The van der Waals surface area contributed by atoms with Crippen LogP contribution in [0, 0.1) is 5.82 Å². The van der Waals surface area contributed by atoms with Crippen LogP contribution in [0.5, 0.6) is 0 Å². The number of hydrogen-bond acceptors (Lipinski definition) is 2. The van der Waals surface area contributed by atoms with E-state index in [0.29, 0.717) is 5.56 Å². The summed E-state index contributed by atoms with van der Waals surface area (Å²) in [5.41, 5.74) is 0.307. The van der Waals surface area contributed by atoms with Gasteiger partial charge in [0.05, 0.1) is 0 Å². The second kappa shape index (κ2) is 6.75. The maximum Gasteiger partial charge on any atom is 0.264 e. The van der Waals surface area contributed by atoms with Crippen molar-refractivity contribution in [3.8, 4) is 0 Å². The van der Waals surface area contributed by atoms with Crippen LogP contribution >= 0.6 is 0 Å². The van der Waals surface area contributed by atoms with Gasteiger partial charge in [0.25, 0.3) is 6.43 Å². The van der Waals surface area contributed by atoms with Gasteiger partial charge in [0, 0.05) is 16.7 Å². The van der Waals surface area contributed by atoms with Crippen molar-refractivity contribution in [3.63, 3.8) is 0 Å². The molecule has 2 nitrogen and oxygen atoms in total. The van der Waals surface area contributed by atoms with Crippen LogP contribution in [0.25, 0.3) is 0 Å². The quantitative estimate of drug-likeness (QED) is 0.593. The van der Waals surface area contributed by atoms with Crippen LogP contribution in [0.1, 0.15) is 23.1 Å². The maximum atomic E-state index is 13.3. The van der Waals surface area contributed by atoms with E-state index in [2.05, 4.69) is 11.4 Å². The van der Waals surface area contributed by atoms with E-state index in [0.717, 1.165) is 0 Å². The van der Waals surface area contributed by atoms with Gasteiger partial charge in [-0.15, -0.1) is 0 Å². The second-order valence-corrected chi connectivity index (χ2v) is 3.96. The molecule has 0 unspecified atom stereocenters. The predicted octanol–water partition coefficient (Wildman–Crippen LogP) is 4.19. The Kier molecular flexibility index (Phi) is 4.76. The van der Waals surface area contributed by atoms with Crippen molar-refractivity contribution < 1.29 is 18.0 Å². The lowest BCUT2D eigenvalue weighted by Crippen LogP contribution is -1.95. The summed E-state index contributed by atoms with van der Waals surface area (Å²) in [6.45, 7) is -0.0868. The van der Waals surface area contributed by atoms with Gasteiger partial charge in [0.2, 0.25) is 0 Å². The zero-order valence-corrected chi connectivity index (χ0v) is 10.4. The number of nitrogens with zero attached hydrogens (tertiary/aromatic N) is 1. The molecule has 0 aliphatic carbocycles. The first-order chi connectivity index (χ1) is 9.68. The standard InChI is InChI=1S/C15H11F3NO/c16-14-8-4-2-6-12(14)10-20-19-9-11-5-1-3-7-13(11)15(17)18/h1-8,15H,10H2. The van der Waals surface area contributed by atoms with Gasteiger partial charge in [-0.25, -0.2) is 13.2 Å². The zero-order valence-electron chi connectivity index (χ0n) is 10.4. The Bertz CT molecular complexity index is 599. The van der Waals surface area contributed by atoms with Crippen molar-refractivity contribution in [3.05, 3.63) is 71.0 Å². The molecule has 0 saturated carbocycles.